The normalized spacial score (nSPS) is 18.7. The predicted molar refractivity (Wildman–Crippen MR) is 81.2 cm³/mol. The first-order valence-corrected chi connectivity index (χ1v) is 8.90. The van der Waals surface area contributed by atoms with Gasteiger partial charge in [0.1, 0.15) is 0 Å². The van der Waals surface area contributed by atoms with Crippen molar-refractivity contribution in [1.29, 1.82) is 0 Å². The molecule has 10 heteroatoms. The number of morpholine rings is 1. The van der Waals surface area contributed by atoms with Gasteiger partial charge in [0.15, 0.2) is 0 Å². The summed E-state index contributed by atoms with van der Waals surface area (Å²) in [5, 5.41) is 0.266. The van der Waals surface area contributed by atoms with Gasteiger partial charge in [-0.1, -0.05) is 0 Å². The standard InChI is InChI=1S/C14H16N4O5S/c19-13-14(20)17-12-9-10(1-2-11(12)16-13)24(21,22)15-3-4-18-5-7-23-8-6-18/h1-2,9,15H,3-8H2. The van der Waals surface area contributed by atoms with Gasteiger partial charge in [-0.3, -0.25) is 14.5 Å². The van der Waals surface area contributed by atoms with Gasteiger partial charge in [-0.15, -0.1) is 0 Å². The van der Waals surface area contributed by atoms with Gasteiger partial charge in [0.2, 0.25) is 10.0 Å². The average molecular weight is 352 g/mol. The minimum atomic E-state index is -3.73. The third-order valence-electron chi connectivity index (χ3n) is 3.71. The third kappa shape index (κ3) is 3.73. The second-order valence-electron chi connectivity index (χ2n) is 5.34. The van der Waals surface area contributed by atoms with Crippen LogP contribution in [0.5, 0.6) is 0 Å². The van der Waals surface area contributed by atoms with Crippen molar-refractivity contribution in [2.24, 2.45) is 9.98 Å². The molecule has 1 aromatic carbocycles. The summed E-state index contributed by atoms with van der Waals surface area (Å²) in [6.45, 7) is 3.69. The van der Waals surface area contributed by atoms with Crippen molar-refractivity contribution < 1.29 is 22.7 Å². The smallest absolute Gasteiger partial charge is 0.338 e. The van der Waals surface area contributed by atoms with E-state index < -0.39 is 21.8 Å². The lowest BCUT2D eigenvalue weighted by Crippen LogP contribution is -2.41. The molecular weight excluding hydrogens is 336 g/mol. The van der Waals surface area contributed by atoms with E-state index >= 15 is 0 Å². The van der Waals surface area contributed by atoms with E-state index in [2.05, 4.69) is 19.6 Å². The number of ether oxygens (including phenoxy) is 1. The van der Waals surface area contributed by atoms with Crippen LogP contribution >= 0.6 is 0 Å². The molecule has 0 bridgehead atoms. The first-order valence-electron chi connectivity index (χ1n) is 7.41. The van der Waals surface area contributed by atoms with Crippen molar-refractivity contribution in [2.45, 2.75) is 4.90 Å². The van der Waals surface area contributed by atoms with Crippen molar-refractivity contribution in [1.82, 2.24) is 9.62 Å². The molecule has 24 heavy (non-hydrogen) atoms. The lowest BCUT2D eigenvalue weighted by atomic mass is 10.3. The Bertz CT molecular complexity index is 890. The van der Waals surface area contributed by atoms with Crippen molar-refractivity contribution in [3.63, 3.8) is 0 Å². The zero-order valence-corrected chi connectivity index (χ0v) is 13.6. The van der Waals surface area contributed by atoms with Crippen LogP contribution in [0.25, 0.3) is 0 Å². The number of sulfonamides is 1. The topological polar surface area (TPSA) is 118 Å². The Hall–Kier alpha value is -2.01. The monoisotopic (exact) mass is 352 g/mol. The average Bonchev–Trinajstić information content (AvgIpc) is 2.56. The summed E-state index contributed by atoms with van der Waals surface area (Å²) in [7, 11) is -3.73. The fraction of sp³-hybridized carbons (Fsp3) is 0.429. The van der Waals surface area contributed by atoms with Gasteiger partial charge in [-0.2, -0.15) is 0 Å². The summed E-state index contributed by atoms with van der Waals surface area (Å²) in [6, 6.07) is 3.93. The van der Waals surface area contributed by atoms with Gasteiger partial charge in [-0.25, -0.2) is 23.1 Å². The summed E-state index contributed by atoms with van der Waals surface area (Å²) >= 11 is 0. The van der Waals surface area contributed by atoms with Crippen LogP contribution in [0.1, 0.15) is 0 Å². The van der Waals surface area contributed by atoms with Crippen molar-refractivity contribution in [2.75, 3.05) is 39.4 Å². The number of hydrogen-bond acceptors (Lipinski definition) is 6. The van der Waals surface area contributed by atoms with Crippen LogP contribution in [0.2, 0.25) is 0 Å². The summed E-state index contributed by atoms with van der Waals surface area (Å²) < 4.78 is 32.4. The van der Waals surface area contributed by atoms with E-state index in [-0.39, 0.29) is 22.2 Å². The molecule has 9 nitrogen and oxygen atoms in total. The van der Waals surface area contributed by atoms with E-state index in [9.17, 15) is 18.0 Å². The van der Waals surface area contributed by atoms with Crippen LogP contribution in [0.15, 0.2) is 33.1 Å². The summed E-state index contributed by atoms with van der Waals surface area (Å²) in [5.41, 5.74) is 0. The molecule has 1 saturated heterocycles. The Labute approximate surface area is 138 Å². The molecule has 1 N–H and O–H groups in total. The zero-order chi connectivity index (χ0) is 17.2. The molecule has 0 spiro atoms. The molecule has 128 valence electrons. The lowest BCUT2D eigenvalue weighted by molar-refractivity contribution is -0.135. The zero-order valence-electron chi connectivity index (χ0n) is 12.8. The molecular formula is C14H16N4O5S. The van der Waals surface area contributed by atoms with Gasteiger partial charge >= 0.3 is 11.8 Å². The molecule has 0 atom stereocenters. The number of rotatable bonds is 5. The van der Waals surface area contributed by atoms with E-state index in [1.165, 1.54) is 18.2 Å². The van der Waals surface area contributed by atoms with E-state index in [1.807, 2.05) is 0 Å². The SMILES string of the molecule is O=C1N=c2ccc(S(=O)(=O)NCCN3CCOCC3)cc2=NC1=O. The molecule has 2 aliphatic rings. The Morgan fingerprint density at radius 1 is 1.08 bits per heavy atom. The number of amides is 2. The molecule has 2 aliphatic heterocycles. The van der Waals surface area contributed by atoms with Crippen molar-refractivity contribution >= 4 is 21.8 Å². The molecule has 2 heterocycles. The highest BCUT2D eigenvalue weighted by atomic mass is 32.2. The van der Waals surface area contributed by atoms with E-state index in [0.29, 0.717) is 19.8 Å². The molecule has 2 amide bonds. The lowest BCUT2D eigenvalue weighted by Gasteiger charge is -2.26. The number of benzene rings is 1. The number of carbonyl (C=O) groups excluding carboxylic acids is 2. The highest BCUT2D eigenvalue weighted by molar-refractivity contribution is 7.89. The molecule has 1 fully saturated rings. The summed E-state index contributed by atoms with van der Waals surface area (Å²) in [6.07, 6.45) is 0. The van der Waals surface area contributed by atoms with E-state index in [4.69, 9.17) is 4.74 Å². The number of nitrogens with one attached hydrogen (secondary N) is 1. The van der Waals surface area contributed by atoms with Crippen LogP contribution in [0.3, 0.4) is 0 Å². The maximum atomic E-state index is 12.3. The number of fused-ring (bicyclic) bond motifs is 1. The van der Waals surface area contributed by atoms with Crippen molar-refractivity contribution in [3.05, 3.63) is 28.9 Å². The Kier molecular flexibility index (Phi) is 4.81. The summed E-state index contributed by atoms with van der Waals surface area (Å²) in [5.74, 6) is -1.96. The first-order chi connectivity index (χ1) is 11.5. The molecule has 3 rings (SSSR count). The Morgan fingerprint density at radius 2 is 1.75 bits per heavy atom. The molecule has 0 saturated carbocycles. The van der Waals surface area contributed by atoms with E-state index in [1.54, 1.807) is 0 Å². The van der Waals surface area contributed by atoms with Gasteiger partial charge in [-0.05, 0) is 18.2 Å². The van der Waals surface area contributed by atoms with E-state index in [0.717, 1.165) is 13.1 Å². The van der Waals surface area contributed by atoms with Gasteiger partial charge in [0.05, 0.1) is 28.8 Å². The van der Waals surface area contributed by atoms with Crippen LogP contribution in [0.4, 0.5) is 0 Å². The molecule has 0 radical (unpaired) electrons. The minimum Gasteiger partial charge on any atom is -0.379 e. The van der Waals surface area contributed by atoms with Crippen LogP contribution < -0.4 is 15.4 Å². The Morgan fingerprint density at radius 3 is 2.46 bits per heavy atom. The van der Waals surface area contributed by atoms with Crippen LogP contribution in [0, 0.1) is 0 Å². The van der Waals surface area contributed by atoms with Crippen molar-refractivity contribution in [3.8, 4) is 0 Å². The molecule has 0 unspecified atom stereocenters. The second kappa shape index (κ2) is 6.85. The third-order valence-corrected chi connectivity index (χ3v) is 5.17. The quantitative estimate of drug-likeness (QED) is 0.591. The first kappa shape index (κ1) is 16.8. The van der Waals surface area contributed by atoms with Gasteiger partial charge < -0.3 is 4.74 Å². The largest absolute Gasteiger partial charge is 0.379 e. The highest BCUT2D eigenvalue weighted by Gasteiger charge is 2.19. The van der Waals surface area contributed by atoms with Gasteiger partial charge in [0.25, 0.3) is 0 Å². The number of hydrogen-bond donors (Lipinski definition) is 1. The fourth-order valence-electron chi connectivity index (χ4n) is 2.42. The van der Waals surface area contributed by atoms with Crippen LogP contribution in [-0.4, -0.2) is 64.5 Å². The summed E-state index contributed by atoms with van der Waals surface area (Å²) in [4.78, 5) is 31.7. The highest BCUT2D eigenvalue weighted by Crippen LogP contribution is 2.04. The Balaban J connectivity index is 1.72. The molecule has 0 aromatic heterocycles. The minimum absolute atomic E-state index is 0.0238. The number of nitrogens with zero attached hydrogens (tertiary/aromatic N) is 3. The maximum Gasteiger partial charge on any atom is 0.338 e. The van der Waals surface area contributed by atoms with Gasteiger partial charge in [0, 0.05) is 26.2 Å². The second-order valence-corrected chi connectivity index (χ2v) is 7.10. The molecule has 1 aromatic rings. The van der Waals surface area contributed by atoms with Crippen LogP contribution in [-0.2, 0) is 24.3 Å². The maximum absolute atomic E-state index is 12.3. The molecule has 0 aliphatic carbocycles. The predicted octanol–water partition coefficient (Wildman–Crippen LogP) is -2.40. The number of carbonyl (C=O) groups is 2. The fourth-order valence-corrected chi connectivity index (χ4v) is 3.46.